The number of nitrogens with zero attached hydrogens (tertiary/aromatic N) is 3. The zero-order valence-electron chi connectivity index (χ0n) is 29.7. The number of fused-ring (bicyclic) bond motifs is 5. The summed E-state index contributed by atoms with van der Waals surface area (Å²) in [7, 11) is 0. The fourth-order valence-electron chi connectivity index (χ4n) is 8.41. The molecule has 3 heteroatoms. The molecule has 0 bridgehead atoms. The van der Waals surface area contributed by atoms with Crippen molar-refractivity contribution >= 4 is 43.4 Å². The van der Waals surface area contributed by atoms with E-state index in [-0.39, 0.29) is 0 Å². The lowest BCUT2D eigenvalue weighted by atomic mass is 9.85. The second-order valence-corrected chi connectivity index (χ2v) is 13.9. The third kappa shape index (κ3) is 5.27. The molecule has 1 aromatic heterocycles. The second-order valence-electron chi connectivity index (χ2n) is 13.9. The molecular formula is C52H31N3. The Morgan fingerprint density at radius 1 is 0.345 bits per heavy atom. The number of para-hydroxylation sites is 1. The standard InChI is InChI=1S/C52H31N3/c53-32-34-24-27-50-48(28-34)43-18-8-9-23-49(43)55(50)41-25-26-42(40(31-41)33-54)38-16-10-14-36(29-38)37-15-11-17-39(30-37)52-46-21-6-4-19-44(46)51(35-12-2-1-3-13-35)45-20-5-7-22-47(45)52/h1-31H. The van der Waals surface area contributed by atoms with Gasteiger partial charge in [0.15, 0.2) is 0 Å². The van der Waals surface area contributed by atoms with Crippen molar-refractivity contribution < 1.29 is 0 Å². The Bertz CT molecular complexity index is 3170. The van der Waals surface area contributed by atoms with Crippen LogP contribution in [-0.4, -0.2) is 4.57 Å². The first kappa shape index (κ1) is 32.0. The monoisotopic (exact) mass is 697 g/mol. The third-order valence-corrected chi connectivity index (χ3v) is 10.8. The molecule has 0 amide bonds. The van der Waals surface area contributed by atoms with Crippen LogP contribution in [0.25, 0.3) is 93.5 Å². The molecule has 0 aliphatic carbocycles. The van der Waals surface area contributed by atoms with Crippen LogP contribution < -0.4 is 0 Å². The van der Waals surface area contributed by atoms with Crippen LogP contribution in [0.3, 0.4) is 0 Å². The summed E-state index contributed by atoms with van der Waals surface area (Å²) < 4.78 is 2.18. The van der Waals surface area contributed by atoms with Crippen LogP contribution in [0.2, 0.25) is 0 Å². The van der Waals surface area contributed by atoms with Crippen molar-refractivity contribution in [3.05, 3.63) is 199 Å². The van der Waals surface area contributed by atoms with E-state index < -0.39 is 0 Å². The number of rotatable bonds is 5. The van der Waals surface area contributed by atoms with Crippen molar-refractivity contribution in [3.63, 3.8) is 0 Å². The summed E-state index contributed by atoms with van der Waals surface area (Å²) in [5.41, 5.74) is 13.0. The van der Waals surface area contributed by atoms with Gasteiger partial charge in [0.05, 0.1) is 34.3 Å². The summed E-state index contributed by atoms with van der Waals surface area (Å²) in [6.07, 6.45) is 0. The van der Waals surface area contributed by atoms with E-state index in [1.807, 2.05) is 36.4 Å². The Balaban J connectivity index is 1.08. The van der Waals surface area contributed by atoms with Crippen LogP contribution in [0.15, 0.2) is 188 Å². The molecule has 10 aromatic rings. The molecule has 0 fully saturated rings. The summed E-state index contributed by atoms with van der Waals surface area (Å²) in [6.45, 7) is 0. The van der Waals surface area contributed by atoms with Crippen molar-refractivity contribution in [2.45, 2.75) is 0 Å². The molecule has 0 saturated carbocycles. The quantitative estimate of drug-likeness (QED) is 0.168. The first-order valence-corrected chi connectivity index (χ1v) is 18.4. The maximum atomic E-state index is 10.5. The maximum absolute atomic E-state index is 10.5. The number of nitriles is 2. The van der Waals surface area contributed by atoms with Gasteiger partial charge in [0.1, 0.15) is 0 Å². The fourth-order valence-corrected chi connectivity index (χ4v) is 8.41. The van der Waals surface area contributed by atoms with E-state index in [4.69, 9.17) is 0 Å². The van der Waals surface area contributed by atoms with E-state index in [1.54, 1.807) is 0 Å². The van der Waals surface area contributed by atoms with Crippen LogP contribution in [0.5, 0.6) is 0 Å². The first-order chi connectivity index (χ1) is 27.2. The Labute approximate surface area is 318 Å². The zero-order chi connectivity index (χ0) is 36.9. The molecule has 0 N–H and O–H groups in total. The summed E-state index contributed by atoms with van der Waals surface area (Å²) in [5.74, 6) is 0. The normalized spacial score (nSPS) is 11.2. The molecule has 0 saturated heterocycles. The van der Waals surface area contributed by atoms with E-state index in [0.29, 0.717) is 11.1 Å². The Morgan fingerprint density at radius 2 is 0.873 bits per heavy atom. The van der Waals surface area contributed by atoms with E-state index in [0.717, 1.165) is 55.3 Å². The Kier molecular flexibility index (Phi) is 7.58. The molecule has 0 atom stereocenters. The van der Waals surface area contributed by atoms with Gasteiger partial charge >= 0.3 is 0 Å². The molecule has 254 valence electrons. The van der Waals surface area contributed by atoms with Crippen LogP contribution in [0, 0.1) is 22.7 Å². The van der Waals surface area contributed by atoms with E-state index in [9.17, 15) is 10.5 Å². The molecule has 0 aliphatic rings. The van der Waals surface area contributed by atoms with Gasteiger partial charge in [-0.15, -0.1) is 0 Å². The smallest absolute Gasteiger partial charge is 0.0998 e. The predicted octanol–water partition coefficient (Wildman–Crippen LogP) is 13.5. The number of aromatic nitrogens is 1. The highest BCUT2D eigenvalue weighted by molar-refractivity contribution is 6.21. The van der Waals surface area contributed by atoms with Gasteiger partial charge in [-0.3, -0.25) is 0 Å². The van der Waals surface area contributed by atoms with Gasteiger partial charge in [-0.1, -0.05) is 140 Å². The van der Waals surface area contributed by atoms with Gasteiger partial charge in [0.25, 0.3) is 0 Å². The van der Waals surface area contributed by atoms with Crippen LogP contribution in [-0.2, 0) is 0 Å². The second kappa shape index (κ2) is 13.0. The summed E-state index contributed by atoms with van der Waals surface area (Å²) in [5, 5.41) is 27.1. The van der Waals surface area contributed by atoms with Crippen molar-refractivity contribution in [1.82, 2.24) is 4.57 Å². The van der Waals surface area contributed by atoms with Gasteiger partial charge < -0.3 is 4.57 Å². The highest BCUT2D eigenvalue weighted by Crippen LogP contribution is 2.44. The van der Waals surface area contributed by atoms with Gasteiger partial charge in [-0.25, -0.2) is 0 Å². The molecule has 10 rings (SSSR count). The number of hydrogen-bond donors (Lipinski definition) is 0. The van der Waals surface area contributed by atoms with Crippen molar-refractivity contribution in [1.29, 1.82) is 10.5 Å². The third-order valence-electron chi connectivity index (χ3n) is 10.8. The number of hydrogen-bond acceptors (Lipinski definition) is 2. The molecule has 0 aliphatic heterocycles. The van der Waals surface area contributed by atoms with E-state index in [1.165, 1.54) is 38.2 Å². The van der Waals surface area contributed by atoms with E-state index >= 15 is 0 Å². The largest absolute Gasteiger partial charge is 0.309 e. The lowest BCUT2D eigenvalue weighted by Gasteiger charge is -2.18. The summed E-state index contributed by atoms with van der Waals surface area (Å²) in [6, 6.07) is 70.4. The van der Waals surface area contributed by atoms with Crippen molar-refractivity contribution in [3.8, 4) is 62.3 Å². The zero-order valence-corrected chi connectivity index (χ0v) is 29.7. The number of benzene rings is 9. The summed E-state index contributed by atoms with van der Waals surface area (Å²) >= 11 is 0. The lowest BCUT2D eigenvalue weighted by Crippen LogP contribution is -1.96. The van der Waals surface area contributed by atoms with Gasteiger partial charge in [0, 0.05) is 16.5 Å². The molecular weight excluding hydrogens is 667 g/mol. The van der Waals surface area contributed by atoms with Gasteiger partial charge in [0.2, 0.25) is 0 Å². The van der Waals surface area contributed by atoms with Crippen LogP contribution >= 0.6 is 0 Å². The predicted molar refractivity (Wildman–Crippen MR) is 227 cm³/mol. The lowest BCUT2D eigenvalue weighted by molar-refractivity contribution is 1.18. The first-order valence-electron chi connectivity index (χ1n) is 18.4. The average Bonchev–Trinajstić information content (AvgIpc) is 3.59. The SMILES string of the molecule is N#Cc1ccc2c(c1)c1ccccc1n2-c1ccc(-c2cccc(-c3cccc(-c4c5ccccc5c(-c5ccccc5)c5ccccc45)c3)c2)c(C#N)c1. The highest BCUT2D eigenvalue weighted by Gasteiger charge is 2.18. The van der Waals surface area contributed by atoms with Crippen molar-refractivity contribution in [2.75, 3.05) is 0 Å². The highest BCUT2D eigenvalue weighted by atomic mass is 15.0. The Hall–Kier alpha value is -7.72. The fraction of sp³-hybridized carbons (Fsp3) is 0. The maximum Gasteiger partial charge on any atom is 0.0998 e. The molecule has 0 unspecified atom stereocenters. The minimum Gasteiger partial charge on any atom is -0.309 e. The Morgan fingerprint density at radius 3 is 1.53 bits per heavy atom. The van der Waals surface area contributed by atoms with Gasteiger partial charge in [-0.05, 0) is 115 Å². The minimum absolute atomic E-state index is 0.597. The van der Waals surface area contributed by atoms with Crippen LogP contribution in [0.4, 0.5) is 0 Å². The minimum atomic E-state index is 0.597. The molecule has 55 heavy (non-hydrogen) atoms. The molecule has 1 heterocycles. The van der Waals surface area contributed by atoms with Gasteiger partial charge in [-0.2, -0.15) is 10.5 Å². The molecule has 0 spiro atoms. The average molecular weight is 698 g/mol. The molecule has 0 radical (unpaired) electrons. The van der Waals surface area contributed by atoms with Crippen molar-refractivity contribution in [2.24, 2.45) is 0 Å². The van der Waals surface area contributed by atoms with E-state index in [2.05, 4.69) is 168 Å². The van der Waals surface area contributed by atoms with Crippen LogP contribution in [0.1, 0.15) is 11.1 Å². The summed E-state index contributed by atoms with van der Waals surface area (Å²) in [4.78, 5) is 0. The topological polar surface area (TPSA) is 52.5 Å². The molecule has 9 aromatic carbocycles. The molecule has 3 nitrogen and oxygen atoms in total.